The summed E-state index contributed by atoms with van der Waals surface area (Å²) in [5.74, 6) is -0.195. The summed E-state index contributed by atoms with van der Waals surface area (Å²) < 4.78 is 0. The maximum absolute atomic E-state index is 12.6. The molecule has 112 valence electrons. The molecule has 1 N–H and O–H groups in total. The van der Waals surface area contributed by atoms with Crippen molar-refractivity contribution in [3.63, 3.8) is 0 Å². The average molecular weight is 294 g/mol. The van der Waals surface area contributed by atoms with Crippen LogP contribution >= 0.6 is 0 Å². The lowest BCUT2D eigenvalue weighted by molar-refractivity contribution is -0.119. The van der Waals surface area contributed by atoms with Crippen molar-refractivity contribution in [1.29, 1.82) is 0 Å². The minimum atomic E-state index is -0.395. The Kier molecular flexibility index (Phi) is 4.19. The van der Waals surface area contributed by atoms with E-state index < -0.39 is 6.04 Å². The number of para-hydroxylation sites is 1. The largest absolute Gasteiger partial charge is 0.327 e. The molecule has 2 aromatic rings. The van der Waals surface area contributed by atoms with Crippen molar-refractivity contribution in [1.82, 2.24) is 4.90 Å². The van der Waals surface area contributed by atoms with E-state index in [1.165, 1.54) is 0 Å². The Hall–Kier alpha value is -2.62. The zero-order valence-electron chi connectivity index (χ0n) is 12.2. The zero-order valence-corrected chi connectivity index (χ0v) is 12.2. The molecular weight excluding hydrogens is 276 g/mol. The fraction of sp³-hybridized carbons (Fsp3) is 0.222. The number of hydrogen-bond acceptors (Lipinski definition) is 2. The fourth-order valence-electron chi connectivity index (χ4n) is 2.78. The van der Waals surface area contributed by atoms with Gasteiger partial charge in [0, 0.05) is 17.8 Å². The third-order valence-electron chi connectivity index (χ3n) is 3.88. The molecule has 3 rings (SSSR count). The van der Waals surface area contributed by atoms with Gasteiger partial charge in [0.15, 0.2) is 0 Å². The number of carbonyl (C=O) groups is 2. The lowest BCUT2D eigenvalue weighted by Crippen LogP contribution is -2.43. The highest BCUT2D eigenvalue weighted by Gasteiger charge is 2.34. The highest BCUT2D eigenvalue weighted by atomic mass is 16.2. The Labute approximate surface area is 129 Å². The molecule has 1 atom stereocenters. The van der Waals surface area contributed by atoms with Crippen molar-refractivity contribution in [2.75, 3.05) is 11.9 Å². The van der Waals surface area contributed by atoms with Gasteiger partial charge in [-0.3, -0.25) is 9.59 Å². The van der Waals surface area contributed by atoms with E-state index >= 15 is 0 Å². The smallest absolute Gasteiger partial charge is 0.254 e. The first kappa shape index (κ1) is 14.3. The van der Waals surface area contributed by atoms with Crippen LogP contribution in [0.1, 0.15) is 23.2 Å². The minimum absolute atomic E-state index is 0.0775. The summed E-state index contributed by atoms with van der Waals surface area (Å²) in [6.45, 7) is 0.626. The summed E-state index contributed by atoms with van der Waals surface area (Å²) >= 11 is 0. The van der Waals surface area contributed by atoms with Crippen LogP contribution in [0.5, 0.6) is 0 Å². The highest BCUT2D eigenvalue weighted by Crippen LogP contribution is 2.21. The second-order valence-electron chi connectivity index (χ2n) is 5.38. The lowest BCUT2D eigenvalue weighted by atomic mass is 10.1. The topological polar surface area (TPSA) is 49.4 Å². The van der Waals surface area contributed by atoms with Gasteiger partial charge >= 0.3 is 0 Å². The second kappa shape index (κ2) is 6.43. The summed E-state index contributed by atoms with van der Waals surface area (Å²) in [4.78, 5) is 26.7. The number of nitrogens with one attached hydrogen (secondary N) is 1. The first-order valence-electron chi connectivity index (χ1n) is 7.47. The van der Waals surface area contributed by atoms with E-state index in [0.29, 0.717) is 18.5 Å². The van der Waals surface area contributed by atoms with Crippen LogP contribution in [0, 0.1) is 0 Å². The predicted molar refractivity (Wildman–Crippen MR) is 85.6 cm³/mol. The van der Waals surface area contributed by atoms with Crippen LogP contribution in [0.3, 0.4) is 0 Å². The van der Waals surface area contributed by atoms with Gasteiger partial charge in [-0.25, -0.2) is 0 Å². The van der Waals surface area contributed by atoms with Gasteiger partial charge in [0.05, 0.1) is 0 Å². The average Bonchev–Trinajstić information content (AvgIpc) is 3.05. The highest BCUT2D eigenvalue weighted by molar-refractivity contribution is 6.01. The van der Waals surface area contributed by atoms with E-state index in [2.05, 4.69) is 5.32 Å². The molecule has 0 bridgehead atoms. The second-order valence-corrected chi connectivity index (χ2v) is 5.38. The summed E-state index contributed by atoms with van der Waals surface area (Å²) in [6.07, 6.45) is 1.56. The molecule has 1 aliphatic rings. The van der Waals surface area contributed by atoms with Gasteiger partial charge in [-0.2, -0.15) is 0 Å². The fourth-order valence-corrected chi connectivity index (χ4v) is 2.78. The van der Waals surface area contributed by atoms with Crippen LogP contribution in [0.25, 0.3) is 0 Å². The minimum Gasteiger partial charge on any atom is -0.327 e. The maximum atomic E-state index is 12.6. The van der Waals surface area contributed by atoms with E-state index in [0.717, 1.165) is 12.1 Å². The molecule has 0 saturated carbocycles. The molecule has 0 radical (unpaired) electrons. The van der Waals surface area contributed by atoms with Crippen LogP contribution in [0.4, 0.5) is 5.69 Å². The molecule has 1 saturated heterocycles. The third-order valence-corrected chi connectivity index (χ3v) is 3.88. The van der Waals surface area contributed by atoms with Crippen LogP contribution in [-0.2, 0) is 4.79 Å². The van der Waals surface area contributed by atoms with Gasteiger partial charge in [0.2, 0.25) is 5.91 Å². The lowest BCUT2D eigenvalue weighted by Gasteiger charge is -2.24. The van der Waals surface area contributed by atoms with E-state index in [4.69, 9.17) is 0 Å². The Morgan fingerprint density at radius 2 is 1.59 bits per heavy atom. The summed E-state index contributed by atoms with van der Waals surface area (Å²) in [6, 6.07) is 18.1. The number of nitrogens with zero attached hydrogens (tertiary/aromatic N) is 1. The normalized spacial score (nSPS) is 17.3. The van der Waals surface area contributed by atoms with Gasteiger partial charge in [0.1, 0.15) is 6.04 Å². The molecule has 0 aliphatic carbocycles. The summed E-state index contributed by atoms with van der Waals surface area (Å²) in [5, 5.41) is 2.89. The van der Waals surface area contributed by atoms with Gasteiger partial charge in [0.25, 0.3) is 5.91 Å². The standard InChI is InChI=1S/C18H18N2O2/c21-17(19-15-10-5-2-6-11-15)16-12-7-13-20(16)18(22)14-8-3-1-4-9-14/h1-6,8-11,16H,7,12-13H2,(H,19,21). The number of anilines is 1. The van der Waals surface area contributed by atoms with E-state index in [9.17, 15) is 9.59 Å². The maximum Gasteiger partial charge on any atom is 0.254 e. The predicted octanol–water partition coefficient (Wildman–Crippen LogP) is 2.93. The quantitative estimate of drug-likeness (QED) is 0.946. The van der Waals surface area contributed by atoms with Crippen molar-refractivity contribution >= 4 is 17.5 Å². The monoisotopic (exact) mass is 294 g/mol. The molecule has 2 amide bonds. The van der Waals surface area contributed by atoms with E-state index in [-0.39, 0.29) is 11.8 Å². The van der Waals surface area contributed by atoms with E-state index in [1.54, 1.807) is 17.0 Å². The summed E-state index contributed by atoms with van der Waals surface area (Å²) in [7, 11) is 0. The molecule has 4 nitrogen and oxygen atoms in total. The van der Waals surface area contributed by atoms with Crippen molar-refractivity contribution < 1.29 is 9.59 Å². The zero-order chi connectivity index (χ0) is 15.4. The van der Waals surface area contributed by atoms with E-state index in [1.807, 2.05) is 48.5 Å². The molecule has 1 aliphatic heterocycles. The Balaban J connectivity index is 1.73. The molecule has 0 aromatic heterocycles. The van der Waals surface area contributed by atoms with Crippen LogP contribution < -0.4 is 5.32 Å². The summed E-state index contributed by atoms with van der Waals surface area (Å²) in [5.41, 5.74) is 1.38. The van der Waals surface area contributed by atoms with Crippen molar-refractivity contribution in [3.05, 3.63) is 66.2 Å². The Morgan fingerprint density at radius 1 is 0.955 bits per heavy atom. The molecule has 4 heteroatoms. The van der Waals surface area contributed by atoms with Crippen LogP contribution in [0.15, 0.2) is 60.7 Å². The molecular formula is C18H18N2O2. The van der Waals surface area contributed by atoms with Crippen LogP contribution in [0.2, 0.25) is 0 Å². The number of carbonyl (C=O) groups excluding carboxylic acids is 2. The number of rotatable bonds is 3. The number of hydrogen-bond donors (Lipinski definition) is 1. The van der Waals surface area contributed by atoms with Crippen molar-refractivity contribution in [3.8, 4) is 0 Å². The third kappa shape index (κ3) is 3.01. The van der Waals surface area contributed by atoms with Gasteiger partial charge in [-0.15, -0.1) is 0 Å². The van der Waals surface area contributed by atoms with Crippen LogP contribution in [-0.4, -0.2) is 29.3 Å². The number of likely N-dealkylation sites (tertiary alicyclic amines) is 1. The van der Waals surface area contributed by atoms with Crippen molar-refractivity contribution in [2.24, 2.45) is 0 Å². The SMILES string of the molecule is O=C(Nc1ccccc1)C1CCCN1C(=O)c1ccccc1. The molecule has 0 spiro atoms. The van der Waals surface area contributed by atoms with Gasteiger partial charge in [-0.1, -0.05) is 36.4 Å². The molecule has 1 heterocycles. The first-order valence-corrected chi connectivity index (χ1v) is 7.47. The molecule has 1 unspecified atom stereocenters. The Morgan fingerprint density at radius 3 is 2.27 bits per heavy atom. The Bertz CT molecular complexity index is 655. The molecule has 1 fully saturated rings. The first-order chi connectivity index (χ1) is 10.8. The van der Waals surface area contributed by atoms with Gasteiger partial charge < -0.3 is 10.2 Å². The number of amides is 2. The number of benzene rings is 2. The van der Waals surface area contributed by atoms with Gasteiger partial charge in [-0.05, 0) is 37.1 Å². The molecule has 2 aromatic carbocycles. The van der Waals surface area contributed by atoms with Crippen molar-refractivity contribution in [2.45, 2.75) is 18.9 Å². The molecule has 22 heavy (non-hydrogen) atoms.